The van der Waals surface area contributed by atoms with Crippen molar-refractivity contribution in [3.63, 3.8) is 0 Å². The quantitative estimate of drug-likeness (QED) is 0.494. The number of benzene rings is 2. The van der Waals surface area contributed by atoms with Crippen LogP contribution in [0.2, 0.25) is 0 Å². The summed E-state index contributed by atoms with van der Waals surface area (Å²) in [6.45, 7) is 1.38. The number of nitrogens with one attached hydrogen (secondary N) is 1. The van der Waals surface area contributed by atoms with Gasteiger partial charge in [-0.1, -0.05) is 0 Å². The minimum Gasteiger partial charge on any atom is -0.399 e. The summed E-state index contributed by atoms with van der Waals surface area (Å²) in [4.78, 5) is 0. The van der Waals surface area contributed by atoms with E-state index in [9.17, 15) is 0 Å². The van der Waals surface area contributed by atoms with Crippen LogP contribution >= 0.6 is 0 Å². The zero-order valence-electron chi connectivity index (χ0n) is 11.5. The largest absolute Gasteiger partial charge is 0.399 e. The lowest BCUT2D eigenvalue weighted by molar-refractivity contribution is 0.211. The van der Waals surface area contributed by atoms with Gasteiger partial charge in [0.1, 0.15) is 0 Å². The first kappa shape index (κ1) is 14.0. The van der Waals surface area contributed by atoms with E-state index < -0.39 is 0 Å². The first-order chi connectivity index (χ1) is 9.60. The topological polar surface area (TPSA) is 99.3 Å². The lowest BCUT2D eigenvalue weighted by Crippen LogP contribution is -2.07. The van der Waals surface area contributed by atoms with E-state index >= 15 is 0 Å². The normalized spacial score (nSPS) is 10.4. The van der Waals surface area contributed by atoms with Gasteiger partial charge in [0.2, 0.25) is 0 Å². The van der Waals surface area contributed by atoms with Gasteiger partial charge in [-0.2, -0.15) is 0 Å². The van der Waals surface area contributed by atoms with Crippen molar-refractivity contribution < 1.29 is 4.74 Å². The van der Waals surface area contributed by atoms with Gasteiger partial charge in [-0.15, -0.1) is 0 Å². The molecule has 5 heteroatoms. The van der Waals surface area contributed by atoms with Crippen molar-refractivity contribution >= 4 is 22.7 Å². The van der Waals surface area contributed by atoms with Crippen molar-refractivity contribution in [1.82, 2.24) is 0 Å². The molecule has 20 heavy (non-hydrogen) atoms. The monoisotopic (exact) mass is 272 g/mol. The van der Waals surface area contributed by atoms with E-state index in [2.05, 4.69) is 5.32 Å². The molecule has 0 spiro atoms. The maximum Gasteiger partial charge on any atom is 0.0635 e. The van der Waals surface area contributed by atoms with Crippen molar-refractivity contribution in [2.75, 3.05) is 42.8 Å². The van der Waals surface area contributed by atoms with E-state index in [1.807, 2.05) is 30.3 Å². The second kappa shape index (κ2) is 6.16. The van der Waals surface area contributed by atoms with Crippen LogP contribution < -0.4 is 22.5 Å². The van der Waals surface area contributed by atoms with Crippen LogP contribution in [0.5, 0.6) is 0 Å². The van der Waals surface area contributed by atoms with Gasteiger partial charge in [-0.05, 0) is 42.0 Å². The van der Waals surface area contributed by atoms with Crippen LogP contribution in [-0.4, -0.2) is 20.3 Å². The molecular formula is C15H20N4O. The Bertz CT molecular complexity index is 578. The number of nitrogen functional groups attached to an aromatic ring is 3. The third-order valence-corrected chi connectivity index (χ3v) is 2.98. The molecule has 0 radical (unpaired) electrons. The molecule has 0 aliphatic carbocycles. The van der Waals surface area contributed by atoms with Crippen LogP contribution in [-0.2, 0) is 4.74 Å². The summed E-state index contributed by atoms with van der Waals surface area (Å²) in [5.74, 6) is 0. The summed E-state index contributed by atoms with van der Waals surface area (Å²) in [5, 5.41) is 3.27. The van der Waals surface area contributed by atoms with E-state index in [1.165, 1.54) is 0 Å². The molecule has 0 fully saturated rings. The minimum atomic E-state index is 0.622. The second-order valence-corrected chi connectivity index (χ2v) is 4.61. The molecule has 0 atom stereocenters. The van der Waals surface area contributed by atoms with Gasteiger partial charge in [0, 0.05) is 42.0 Å². The second-order valence-electron chi connectivity index (χ2n) is 4.61. The Kier molecular flexibility index (Phi) is 4.32. The van der Waals surface area contributed by atoms with E-state index in [4.69, 9.17) is 21.9 Å². The average molecular weight is 272 g/mol. The summed E-state index contributed by atoms with van der Waals surface area (Å²) in [6.07, 6.45) is 0. The Labute approximate surface area is 118 Å². The maximum absolute atomic E-state index is 6.04. The highest BCUT2D eigenvalue weighted by atomic mass is 16.5. The molecule has 0 heterocycles. The van der Waals surface area contributed by atoms with Crippen molar-refractivity contribution in [3.05, 3.63) is 36.4 Å². The number of hydrogen-bond donors (Lipinski definition) is 4. The summed E-state index contributed by atoms with van der Waals surface area (Å²) < 4.78 is 5.01. The highest BCUT2D eigenvalue weighted by molar-refractivity contribution is 5.83. The molecule has 2 aromatic rings. The fourth-order valence-electron chi connectivity index (χ4n) is 2.05. The van der Waals surface area contributed by atoms with Gasteiger partial charge in [0.05, 0.1) is 6.61 Å². The van der Waals surface area contributed by atoms with E-state index in [-0.39, 0.29) is 0 Å². The number of ether oxygens (including phenoxy) is 1. The van der Waals surface area contributed by atoms with Crippen molar-refractivity contribution in [2.45, 2.75) is 0 Å². The predicted molar refractivity (Wildman–Crippen MR) is 85.5 cm³/mol. The van der Waals surface area contributed by atoms with Gasteiger partial charge in [-0.25, -0.2) is 0 Å². The van der Waals surface area contributed by atoms with Crippen LogP contribution in [0.1, 0.15) is 0 Å². The van der Waals surface area contributed by atoms with Gasteiger partial charge in [0.15, 0.2) is 0 Å². The maximum atomic E-state index is 6.04. The van der Waals surface area contributed by atoms with Crippen LogP contribution in [0.3, 0.4) is 0 Å². The Morgan fingerprint density at radius 3 is 2.35 bits per heavy atom. The van der Waals surface area contributed by atoms with Crippen molar-refractivity contribution in [2.24, 2.45) is 0 Å². The minimum absolute atomic E-state index is 0.622. The predicted octanol–water partition coefficient (Wildman–Crippen LogP) is 2.16. The van der Waals surface area contributed by atoms with Gasteiger partial charge >= 0.3 is 0 Å². The van der Waals surface area contributed by atoms with Gasteiger partial charge in [0.25, 0.3) is 0 Å². The number of hydrogen-bond acceptors (Lipinski definition) is 5. The molecule has 0 aliphatic rings. The SMILES string of the molecule is COCCNc1ccc(N)c(-c2cc(N)cc(N)c2)c1. The van der Waals surface area contributed by atoms with E-state index in [0.29, 0.717) is 23.7 Å². The lowest BCUT2D eigenvalue weighted by Gasteiger charge is -2.12. The molecule has 0 saturated heterocycles. The first-order valence-corrected chi connectivity index (χ1v) is 6.39. The fraction of sp³-hybridized carbons (Fsp3) is 0.200. The molecular weight excluding hydrogens is 252 g/mol. The van der Waals surface area contributed by atoms with Crippen molar-refractivity contribution in [3.8, 4) is 11.1 Å². The Morgan fingerprint density at radius 2 is 1.70 bits per heavy atom. The van der Waals surface area contributed by atoms with Crippen LogP contribution in [0, 0.1) is 0 Å². The molecule has 106 valence electrons. The Hall–Kier alpha value is -2.40. The molecule has 0 bridgehead atoms. The third kappa shape index (κ3) is 3.33. The molecule has 5 nitrogen and oxygen atoms in total. The van der Waals surface area contributed by atoms with E-state index in [0.717, 1.165) is 23.4 Å². The third-order valence-electron chi connectivity index (χ3n) is 2.98. The zero-order valence-corrected chi connectivity index (χ0v) is 11.5. The highest BCUT2D eigenvalue weighted by Gasteiger charge is 2.06. The number of nitrogens with two attached hydrogens (primary N) is 3. The van der Waals surface area contributed by atoms with Crippen molar-refractivity contribution in [1.29, 1.82) is 0 Å². The molecule has 0 saturated carbocycles. The molecule has 0 unspecified atom stereocenters. The number of methoxy groups -OCH3 is 1. The Morgan fingerprint density at radius 1 is 1.00 bits per heavy atom. The van der Waals surface area contributed by atoms with E-state index in [1.54, 1.807) is 13.2 Å². The van der Waals surface area contributed by atoms with Crippen LogP contribution in [0.4, 0.5) is 22.7 Å². The van der Waals surface area contributed by atoms with Gasteiger partial charge < -0.3 is 27.3 Å². The molecule has 2 aromatic carbocycles. The molecule has 0 amide bonds. The average Bonchev–Trinajstić information content (AvgIpc) is 2.40. The first-order valence-electron chi connectivity index (χ1n) is 6.39. The zero-order chi connectivity index (χ0) is 14.5. The van der Waals surface area contributed by atoms with Gasteiger partial charge in [-0.3, -0.25) is 0 Å². The van der Waals surface area contributed by atoms with Crippen LogP contribution in [0.25, 0.3) is 11.1 Å². The highest BCUT2D eigenvalue weighted by Crippen LogP contribution is 2.31. The smallest absolute Gasteiger partial charge is 0.0635 e. The summed E-state index contributed by atoms with van der Waals surface area (Å²) >= 11 is 0. The Balaban J connectivity index is 2.32. The van der Waals surface area contributed by atoms with Crippen LogP contribution in [0.15, 0.2) is 36.4 Å². The number of anilines is 4. The summed E-state index contributed by atoms with van der Waals surface area (Å²) in [6, 6.07) is 11.2. The molecule has 2 rings (SSSR count). The fourth-order valence-corrected chi connectivity index (χ4v) is 2.05. The molecule has 7 N–H and O–H groups in total. The summed E-state index contributed by atoms with van der Waals surface area (Å²) in [7, 11) is 1.67. The number of rotatable bonds is 5. The lowest BCUT2D eigenvalue weighted by atomic mass is 10.0. The molecule has 0 aliphatic heterocycles. The summed E-state index contributed by atoms with van der Waals surface area (Å²) in [5.41, 5.74) is 22.4. The standard InChI is InChI=1S/C15H20N4O/c1-20-5-4-19-13-2-3-15(18)14(9-13)10-6-11(16)8-12(17)7-10/h2-3,6-9,19H,4-5,16-18H2,1H3. The molecule has 0 aromatic heterocycles.